The van der Waals surface area contributed by atoms with Gasteiger partial charge >= 0.3 is 5.69 Å². The third kappa shape index (κ3) is 4.23. The number of nitrogens with zero attached hydrogens (tertiary/aromatic N) is 2. The first kappa shape index (κ1) is 20.5. The minimum atomic E-state index is -0.291. The molecule has 7 nitrogen and oxygen atoms in total. The van der Waals surface area contributed by atoms with Gasteiger partial charge in [-0.15, -0.1) is 0 Å². The maximum absolute atomic E-state index is 12.7. The van der Waals surface area contributed by atoms with Crippen molar-refractivity contribution in [2.45, 2.75) is 18.7 Å². The minimum absolute atomic E-state index is 0.0913. The van der Waals surface area contributed by atoms with Crippen molar-refractivity contribution >= 4 is 49.9 Å². The molecule has 3 aromatic rings. The minimum Gasteiger partial charge on any atom is -0.368 e. The van der Waals surface area contributed by atoms with E-state index in [1.54, 1.807) is 0 Å². The number of anilines is 3. The van der Waals surface area contributed by atoms with Gasteiger partial charge in [0.25, 0.3) is 0 Å². The second-order valence-electron chi connectivity index (χ2n) is 7.94. The number of nitrogens with one attached hydrogen (secondary N) is 3. The third-order valence-electron chi connectivity index (χ3n) is 5.47. The summed E-state index contributed by atoms with van der Waals surface area (Å²) in [4.78, 5) is 34.4. The molecule has 0 saturated carbocycles. The van der Waals surface area contributed by atoms with Crippen LogP contribution < -0.4 is 20.8 Å². The Kier molecular flexibility index (Phi) is 5.85. The van der Waals surface area contributed by atoms with E-state index in [4.69, 9.17) is 0 Å². The van der Waals surface area contributed by atoms with Gasteiger partial charge in [-0.05, 0) is 30.2 Å². The number of rotatable bonds is 5. The average molecular weight is 472 g/mol. The van der Waals surface area contributed by atoms with Crippen LogP contribution in [-0.4, -0.2) is 46.9 Å². The van der Waals surface area contributed by atoms with Crippen molar-refractivity contribution in [1.29, 1.82) is 0 Å². The molecule has 1 atom stereocenters. The molecule has 4 rings (SSSR count). The fraction of sp³-hybridized carbons (Fsp3) is 0.364. The van der Waals surface area contributed by atoms with Crippen LogP contribution in [0.15, 0.2) is 47.3 Å². The van der Waals surface area contributed by atoms with E-state index < -0.39 is 0 Å². The highest BCUT2D eigenvalue weighted by Gasteiger charge is 2.24. The molecule has 1 saturated heterocycles. The molecule has 1 aliphatic heterocycles. The maximum atomic E-state index is 12.7. The molecule has 0 bridgehead atoms. The van der Waals surface area contributed by atoms with Crippen LogP contribution in [0.1, 0.15) is 13.8 Å². The summed E-state index contributed by atoms with van der Waals surface area (Å²) in [6.07, 6.45) is 0. The Bertz CT molecular complexity index is 1080. The number of halogens is 1. The lowest BCUT2D eigenvalue weighted by Gasteiger charge is -2.38. The summed E-state index contributed by atoms with van der Waals surface area (Å²) in [6.45, 7) is 7.39. The number of fused-ring (bicyclic) bond motifs is 1. The van der Waals surface area contributed by atoms with Gasteiger partial charge in [-0.1, -0.05) is 48.0 Å². The predicted octanol–water partition coefficient (Wildman–Crippen LogP) is 3.54. The van der Waals surface area contributed by atoms with E-state index in [2.05, 4.69) is 65.3 Å². The van der Waals surface area contributed by atoms with E-state index in [1.165, 1.54) is 5.69 Å². The molecule has 158 valence electrons. The van der Waals surface area contributed by atoms with E-state index >= 15 is 0 Å². The standard InChI is InChI=1S/C22H26BrN5O2/c1-14(2)20(23)21(29)24-18-12-16-17(26-22(30)25-16)13-19(18)28-10-8-27(9-11-28)15-6-4-3-5-7-15/h3-7,12-14,20H,8-11H2,1-2H3,(H,24,29)(H2,25,26,30)/t20-/m1/s1. The van der Waals surface area contributed by atoms with Gasteiger partial charge in [0.15, 0.2) is 0 Å². The van der Waals surface area contributed by atoms with Gasteiger partial charge in [0, 0.05) is 31.9 Å². The zero-order valence-electron chi connectivity index (χ0n) is 17.1. The zero-order valence-corrected chi connectivity index (χ0v) is 18.7. The zero-order chi connectivity index (χ0) is 21.3. The van der Waals surface area contributed by atoms with E-state index in [1.807, 2.05) is 32.0 Å². The number of piperazine rings is 1. The van der Waals surface area contributed by atoms with Crippen molar-refractivity contribution in [2.24, 2.45) is 5.92 Å². The number of aromatic nitrogens is 2. The number of hydrogen-bond acceptors (Lipinski definition) is 4. The Balaban J connectivity index is 1.60. The Morgan fingerprint density at radius 1 is 1.00 bits per heavy atom. The van der Waals surface area contributed by atoms with Crippen LogP contribution in [0.5, 0.6) is 0 Å². The third-order valence-corrected chi connectivity index (χ3v) is 6.94. The Morgan fingerprint density at radius 3 is 2.23 bits per heavy atom. The quantitative estimate of drug-likeness (QED) is 0.496. The summed E-state index contributed by atoms with van der Waals surface area (Å²) in [5.74, 6) is 0.0741. The highest BCUT2D eigenvalue weighted by Crippen LogP contribution is 2.32. The topological polar surface area (TPSA) is 84.2 Å². The number of aromatic amines is 2. The van der Waals surface area contributed by atoms with E-state index in [-0.39, 0.29) is 22.3 Å². The van der Waals surface area contributed by atoms with Gasteiger partial charge in [-0.3, -0.25) is 4.79 Å². The summed E-state index contributed by atoms with van der Waals surface area (Å²) in [5, 5.41) is 3.06. The van der Waals surface area contributed by atoms with Crippen LogP contribution in [0.25, 0.3) is 11.0 Å². The van der Waals surface area contributed by atoms with Crippen LogP contribution in [0.2, 0.25) is 0 Å². The number of alkyl halides is 1. The normalized spacial score (nSPS) is 15.6. The van der Waals surface area contributed by atoms with Crippen LogP contribution in [0, 0.1) is 5.92 Å². The second kappa shape index (κ2) is 8.55. The van der Waals surface area contributed by atoms with Gasteiger partial charge in [0.05, 0.1) is 27.2 Å². The lowest BCUT2D eigenvalue weighted by molar-refractivity contribution is -0.116. The van der Waals surface area contributed by atoms with Crippen molar-refractivity contribution in [3.05, 3.63) is 52.9 Å². The van der Waals surface area contributed by atoms with E-state index in [0.717, 1.165) is 37.4 Å². The first-order valence-corrected chi connectivity index (χ1v) is 11.1. The molecule has 0 radical (unpaired) electrons. The highest BCUT2D eigenvalue weighted by atomic mass is 79.9. The summed E-state index contributed by atoms with van der Waals surface area (Å²) in [7, 11) is 0. The lowest BCUT2D eigenvalue weighted by Crippen LogP contribution is -2.46. The number of benzene rings is 2. The fourth-order valence-corrected chi connectivity index (χ4v) is 3.90. The van der Waals surface area contributed by atoms with Crippen molar-refractivity contribution in [3.8, 4) is 0 Å². The molecule has 0 spiro atoms. The van der Waals surface area contributed by atoms with Gasteiger partial charge in [-0.2, -0.15) is 0 Å². The Hall–Kier alpha value is -2.74. The molecule has 0 unspecified atom stereocenters. The summed E-state index contributed by atoms with van der Waals surface area (Å²) < 4.78 is 0. The molecule has 30 heavy (non-hydrogen) atoms. The maximum Gasteiger partial charge on any atom is 0.323 e. The molecule has 8 heteroatoms. The average Bonchev–Trinajstić information content (AvgIpc) is 3.12. The Morgan fingerprint density at radius 2 is 1.60 bits per heavy atom. The van der Waals surface area contributed by atoms with Gasteiger partial charge in [-0.25, -0.2) is 4.79 Å². The van der Waals surface area contributed by atoms with Crippen molar-refractivity contribution in [1.82, 2.24) is 9.97 Å². The summed E-state index contributed by atoms with van der Waals surface area (Å²) in [6, 6.07) is 14.2. The summed E-state index contributed by atoms with van der Waals surface area (Å²) in [5.41, 5.74) is 4.00. The monoisotopic (exact) mass is 471 g/mol. The van der Waals surface area contributed by atoms with Crippen molar-refractivity contribution in [3.63, 3.8) is 0 Å². The molecule has 1 aromatic heterocycles. The molecular weight excluding hydrogens is 446 g/mol. The largest absolute Gasteiger partial charge is 0.368 e. The molecule has 1 fully saturated rings. The van der Waals surface area contributed by atoms with Gasteiger partial charge in [0.2, 0.25) is 5.91 Å². The van der Waals surface area contributed by atoms with Crippen LogP contribution in [-0.2, 0) is 4.79 Å². The number of H-pyrrole nitrogens is 2. The number of para-hydroxylation sites is 1. The van der Waals surface area contributed by atoms with Gasteiger partial charge < -0.3 is 25.1 Å². The molecule has 2 aromatic carbocycles. The van der Waals surface area contributed by atoms with Crippen LogP contribution >= 0.6 is 15.9 Å². The lowest BCUT2D eigenvalue weighted by atomic mass is 10.1. The first-order chi connectivity index (χ1) is 14.4. The van der Waals surface area contributed by atoms with Crippen LogP contribution in [0.3, 0.4) is 0 Å². The molecule has 2 heterocycles. The molecule has 3 N–H and O–H groups in total. The second-order valence-corrected chi connectivity index (χ2v) is 8.93. The van der Waals surface area contributed by atoms with E-state index in [0.29, 0.717) is 11.2 Å². The number of amides is 1. The van der Waals surface area contributed by atoms with E-state index in [9.17, 15) is 9.59 Å². The SMILES string of the molecule is CC(C)[C@@H](Br)C(=O)Nc1cc2[nH]c(=O)[nH]c2cc1N1CCN(c2ccccc2)CC1. The Labute approximate surface area is 183 Å². The molecule has 0 aliphatic carbocycles. The van der Waals surface area contributed by atoms with Crippen molar-refractivity contribution in [2.75, 3.05) is 41.3 Å². The predicted molar refractivity (Wildman–Crippen MR) is 126 cm³/mol. The number of hydrogen-bond donors (Lipinski definition) is 3. The highest BCUT2D eigenvalue weighted by molar-refractivity contribution is 9.10. The number of carbonyl (C=O) groups excluding carboxylic acids is 1. The fourth-order valence-electron chi connectivity index (χ4n) is 3.78. The first-order valence-electron chi connectivity index (χ1n) is 10.2. The number of imidazole rings is 1. The molecule has 1 amide bonds. The molecular formula is C22H26BrN5O2. The van der Waals surface area contributed by atoms with Gasteiger partial charge in [0.1, 0.15) is 0 Å². The van der Waals surface area contributed by atoms with Crippen LogP contribution in [0.4, 0.5) is 17.1 Å². The molecule has 1 aliphatic rings. The smallest absolute Gasteiger partial charge is 0.323 e. The number of carbonyl (C=O) groups is 1. The van der Waals surface area contributed by atoms with Crippen molar-refractivity contribution < 1.29 is 4.79 Å². The summed E-state index contributed by atoms with van der Waals surface area (Å²) >= 11 is 3.48.